The molecule has 0 amide bonds. The van der Waals surface area contributed by atoms with Gasteiger partial charge in [-0.25, -0.2) is 4.68 Å². The van der Waals surface area contributed by atoms with Gasteiger partial charge in [-0.05, 0) is 65.3 Å². The maximum atomic E-state index is 13.1. The normalized spacial score (nSPS) is 12.7. The van der Waals surface area contributed by atoms with Crippen LogP contribution in [-0.2, 0) is 13.1 Å². The Hall–Kier alpha value is -3.36. The van der Waals surface area contributed by atoms with Crippen LogP contribution in [0.5, 0.6) is 0 Å². The van der Waals surface area contributed by atoms with Crippen LogP contribution in [0.1, 0.15) is 54.4 Å². The fourth-order valence-corrected chi connectivity index (χ4v) is 4.83. The van der Waals surface area contributed by atoms with Crippen molar-refractivity contribution in [3.8, 4) is 0 Å². The molecule has 1 atom stereocenters. The van der Waals surface area contributed by atoms with Gasteiger partial charge in [-0.15, -0.1) is 5.10 Å². The van der Waals surface area contributed by atoms with Gasteiger partial charge in [0.1, 0.15) is 0 Å². The van der Waals surface area contributed by atoms with E-state index >= 15 is 0 Å². The number of fused-ring (bicyclic) bond motifs is 1. The van der Waals surface area contributed by atoms with Crippen LogP contribution < -0.4 is 5.56 Å². The maximum absolute atomic E-state index is 13.1. The third-order valence-electron chi connectivity index (χ3n) is 6.37. The van der Waals surface area contributed by atoms with E-state index in [-0.39, 0.29) is 24.1 Å². The molecule has 4 aromatic rings. The van der Waals surface area contributed by atoms with Gasteiger partial charge in [0.05, 0.1) is 18.1 Å². The number of rotatable bonds is 10. The number of aryl methyl sites for hydroxylation is 2. The van der Waals surface area contributed by atoms with Crippen LogP contribution in [-0.4, -0.2) is 48.3 Å². The highest BCUT2D eigenvalue weighted by atomic mass is 16.3. The molecule has 0 aliphatic carbocycles. The number of aliphatic hydroxyl groups excluding tert-OH is 1. The third kappa shape index (κ3) is 5.66. The average molecular weight is 475 g/mol. The zero-order valence-electron chi connectivity index (χ0n) is 20.9. The summed E-state index contributed by atoms with van der Waals surface area (Å²) in [5.74, 6) is 0.934. The number of nitrogens with one attached hydrogen (secondary N) is 1. The van der Waals surface area contributed by atoms with Crippen molar-refractivity contribution < 1.29 is 5.11 Å². The van der Waals surface area contributed by atoms with Crippen LogP contribution in [0.25, 0.3) is 10.9 Å². The van der Waals surface area contributed by atoms with Crippen molar-refractivity contribution >= 4 is 10.9 Å². The number of aromatic amines is 1. The Balaban J connectivity index is 1.71. The van der Waals surface area contributed by atoms with Crippen LogP contribution in [0, 0.1) is 19.8 Å². The summed E-state index contributed by atoms with van der Waals surface area (Å²) in [6, 6.07) is 16.1. The van der Waals surface area contributed by atoms with Crippen molar-refractivity contribution in [1.29, 1.82) is 0 Å². The number of H-pyrrole nitrogens is 1. The summed E-state index contributed by atoms with van der Waals surface area (Å²) in [6.07, 6.45) is 0.590. The summed E-state index contributed by atoms with van der Waals surface area (Å²) in [5, 5.41) is 23.3. The fourth-order valence-electron chi connectivity index (χ4n) is 4.83. The van der Waals surface area contributed by atoms with Gasteiger partial charge in [0.25, 0.3) is 5.56 Å². The molecule has 0 unspecified atom stereocenters. The van der Waals surface area contributed by atoms with E-state index < -0.39 is 0 Å². The van der Waals surface area contributed by atoms with Crippen molar-refractivity contribution in [3.05, 3.63) is 87.0 Å². The molecule has 0 fully saturated rings. The second-order valence-electron chi connectivity index (χ2n) is 9.59. The molecule has 8 nitrogen and oxygen atoms in total. The SMILES string of the molecule is Cc1cc(C)c2[nH]c(=O)c(CN(CCCO)[C@@H](c3nnnn3Cc3ccccc3)C(C)C)cc2c1. The summed E-state index contributed by atoms with van der Waals surface area (Å²) >= 11 is 0. The molecule has 0 bridgehead atoms. The average Bonchev–Trinajstić information content (AvgIpc) is 3.26. The smallest absolute Gasteiger partial charge is 0.252 e. The molecular weight excluding hydrogens is 440 g/mol. The quantitative estimate of drug-likeness (QED) is 0.363. The lowest BCUT2D eigenvalue weighted by Gasteiger charge is -2.33. The molecule has 2 aromatic carbocycles. The van der Waals surface area contributed by atoms with Gasteiger partial charge in [0.2, 0.25) is 0 Å². The Morgan fingerprint density at radius 3 is 2.60 bits per heavy atom. The maximum Gasteiger partial charge on any atom is 0.252 e. The Labute approximate surface area is 205 Å². The Kier molecular flexibility index (Phi) is 7.73. The number of aliphatic hydroxyl groups is 1. The molecule has 0 aliphatic rings. The van der Waals surface area contributed by atoms with Gasteiger partial charge in [-0.2, -0.15) is 0 Å². The van der Waals surface area contributed by atoms with Crippen LogP contribution >= 0.6 is 0 Å². The summed E-state index contributed by atoms with van der Waals surface area (Å²) in [7, 11) is 0. The predicted molar refractivity (Wildman–Crippen MR) is 137 cm³/mol. The summed E-state index contributed by atoms with van der Waals surface area (Å²) < 4.78 is 1.84. The molecule has 0 spiro atoms. The lowest BCUT2D eigenvalue weighted by atomic mass is 9.99. The number of tetrazole rings is 1. The highest BCUT2D eigenvalue weighted by Gasteiger charge is 2.29. The molecule has 4 rings (SSSR count). The van der Waals surface area contributed by atoms with Crippen molar-refractivity contribution in [2.75, 3.05) is 13.2 Å². The molecule has 0 aliphatic heterocycles. The molecule has 2 aromatic heterocycles. The number of hydrogen-bond donors (Lipinski definition) is 2. The van der Waals surface area contributed by atoms with E-state index in [0.29, 0.717) is 31.6 Å². The highest BCUT2D eigenvalue weighted by Crippen LogP contribution is 2.29. The van der Waals surface area contributed by atoms with Crippen LogP contribution in [0.15, 0.2) is 53.3 Å². The number of hydrogen-bond acceptors (Lipinski definition) is 6. The minimum Gasteiger partial charge on any atom is -0.396 e. The number of nitrogens with zero attached hydrogens (tertiary/aromatic N) is 5. The second-order valence-corrected chi connectivity index (χ2v) is 9.59. The zero-order valence-corrected chi connectivity index (χ0v) is 20.9. The fraction of sp³-hybridized carbons (Fsp3) is 0.407. The molecule has 2 N–H and O–H groups in total. The van der Waals surface area contributed by atoms with Crippen molar-refractivity contribution in [3.63, 3.8) is 0 Å². The molecular formula is C27H34N6O2. The van der Waals surface area contributed by atoms with E-state index in [0.717, 1.165) is 33.4 Å². The van der Waals surface area contributed by atoms with E-state index in [9.17, 15) is 9.90 Å². The van der Waals surface area contributed by atoms with Crippen LogP contribution in [0.4, 0.5) is 0 Å². The van der Waals surface area contributed by atoms with E-state index in [2.05, 4.69) is 70.4 Å². The molecule has 0 saturated heterocycles. The first-order valence-corrected chi connectivity index (χ1v) is 12.2. The van der Waals surface area contributed by atoms with E-state index in [4.69, 9.17) is 0 Å². The van der Waals surface area contributed by atoms with E-state index in [1.807, 2.05) is 35.9 Å². The number of pyridine rings is 1. The van der Waals surface area contributed by atoms with Gasteiger partial charge in [0.15, 0.2) is 5.82 Å². The lowest BCUT2D eigenvalue weighted by Crippen LogP contribution is -2.36. The van der Waals surface area contributed by atoms with Crippen molar-refractivity contribution in [2.24, 2.45) is 5.92 Å². The summed E-state index contributed by atoms with van der Waals surface area (Å²) in [4.78, 5) is 18.4. The molecule has 2 heterocycles. The predicted octanol–water partition coefficient (Wildman–Crippen LogP) is 3.76. The Morgan fingerprint density at radius 1 is 1.11 bits per heavy atom. The first kappa shape index (κ1) is 24.8. The van der Waals surface area contributed by atoms with Gasteiger partial charge in [-0.3, -0.25) is 9.69 Å². The summed E-state index contributed by atoms with van der Waals surface area (Å²) in [6.45, 7) is 10.0. The number of aromatic nitrogens is 5. The van der Waals surface area contributed by atoms with E-state index in [1.165, 1.54) is 0 Å². The Bertz CT molecular complexity index is 1330. The van der Waals surface area contributed by atoms with Crippen LogP contribution in [0.3, 0.4) is 0 Å². The van der Waals surface area contributed by atoms with Crippen molar-refractivity contribution in [2.45, 2.75) is 53.2 Å². The first-order valence-electron chi connectivity index (χ1n) is 12.2. The molecule has 184 valence electrons. The second kappa shape index (κ2) is 10.9. The molecule has 0 radical (unpaired) electrons. The van der Waals surface area contributed by atoms with Gasteiger partial charge < -0.3 is 10.1 Å². The zero-order chi connectivity index (χ0) is 24.9. The molecule has 35 heavy (non-hydrogen) atoms. The molecule has 0 saturated carbocycles. The van der Waals surface area contributed by atoms with Crippen LogP contribution in [0.2, 0.25) is 0 Å². The lowest BCUT2D eigenvalue weighted by molar-refractivity contribution is 0.122. The minimum atomic E-state index is -0.130. The molecule has 8 heteroatoms. The highest BCUT2D eigenvalue weighted by molar-refractivity contribution is 5.82. The van der Waals surface area contributed by atoms with Gasteiger partial charge >= 0.3 is 0 Å². The summed E-state index contributed by atoms with van der Waals surface area (Å²) in [5.41, 5.74) is 4.80. The Morgan fingerprint density at radius 2 is 1.89 bits per heavy atom. The standard InChI is InChI=1S/C27H34N6O2/c1-18(2)25(26-29-30-31-33(26)16-21-9-6-5-7-10-21)32(11-8-12-34)17-23-15-22-14-19(3)13-20(4)24(22)28-27(23)35/h5-7,9-10,13-15,18,25,34H,8,11-12,16-17H2,1-4H3,(H,28,35)/t25-/m1/s1. The number of benzene rings is 2. The monoisotopic (exact) mass is 474 g/mol. The van der Waals surface area contributed by atoms with Gasteiger partial charge in [0, 0.05) is 25.3 Å². The minimum absolute atomic E-state index is 0.0722. The largest absolute Gasteiger partial charge is 0.396 e. The first-order chi connectivity index (χ1) is 16.9. The third-order valence-corrected chi connectivity index (χ3v) is 6.37. The van der Waals surface area contributed by atoms with Gasteiger partial charge in [-0.1, -0.05) is 55.8 Å². The topological polar surface area (TPSA) is 99.9 Å². The van der Waals surface area contributed by atoms with E-state index in [1.54, 1.807) is 0 Å². The van der Waals surface area contributed by atoms with Crippen molar-refractivity contribution in [1.82, 2.24) is 30.1 Å².